The molecular formula is C20H18ClFN6O3. The van der Waals surface area contributed by atoms with Gasteiger partial charge in [-0.15, -0.1) is 0 Å². The minimum atomic E-state index is -0.748. The Balaban J connectivity index is 1.77. The number of amides is 1. The quantitative estimate of drug-likeness (QED) is 0.621. The first-order valence-corrected chi connectivity index (χ1v) is 9.54. The van der Waals surface area contributed by atoms with Crippen LogP contribution in [-0.4, -0.2) is 40.3 Å². The number of carbonyl (C=O) groups excluding carboxylic acids is 1. The molecule has 1 atom stereocenters. The van der Waals surface area contributed by atoms with Crippen LogP contribution in [0.5, 0.6) is 11.5 Å². The molecular weight excluding hydrogens is 427 g/mol. The summed E-state index contributed by atoms with van der Waals surface area (Å²) in [6.07, 6.45) is 0. The lowest BCUT2D eigenvalue weighted by Gasteiger charge is -2.28. The molecule has 9 nitrogen and oxygen atoms in total. The maximum absolute atomic E-state index is 14.0. The molecule has 0 radical (unpaired) electrons. The number of rotatable bonds is 5. The van der Waals surface area contributed by atoms with Crippen molar-refractivity contribution < 1.29 is 18.7 Å². The molecule has 0 aliphatic carbocycles. The Bertz CT molecular complexity index is 1200. The molecule has 0 unspecified atom stereocenters. The summed E-state index contributed by atoms with van der Waals surface area (Å²) in [6, 6.07) is 8.29. The molecule has 2 heterocycles. The molecule has 0 saturated heterocycles. The number of benzene rings is 2. The van der Waals surface area contributed by atoms with Crippen molar-refractivity contribution in [3.05, 3.63) is 64.1 Å². The number of anilines is 2. The van der Waals surface area contributed by atoms with Gasteiger partial charge in [-0.2, -0.15) is 4.68 Å². The van der Waals surface area contributed by atoms with Crippen molar-refractivity contribution in [2.75, 3.05) is 24.9 Å². The number of allylic oxidation sites excluding steroid dienone is 1. The van der Waals surface area contributed by atoms with E-state index in [9.17, 15) is 9.18 Å². The predicted octanol–water partition coefficient (Wildman–Crippen LogP) is 3.41. The minimum absolute atomic E-state index is 0.307. The summed E-state index contributed by atoms with van der Waals surface area (Å²) in [5.41, 5.74) is 1.70. The van der Waals surface area contributed by atoms with Gasteiger partial charge < -0.3 is 20.1 Å². The third-order valence-corrected chi connectivity index (χ3v) is 5.14. The highest BCUT2D eigenvalue weighted by molar-refractivity contribution is 6.32. The van der Waals surface area contributed by atoms with E-state index in [2.05, 4.69) is 26.2 Å². The number of fused-ring (bicyclic) bond motifs is 1. The van der Waals surface area contributed by atoms with Crippen LogP contribution < -0.4 is 20.1 Å². The van der Waals surface area contributed by atoms with Gasteiger partial charge in [0.1, 0.15) is 23.4 Å². The van der Waals surface area contributed by atoms with Crippen LogP contribution in [-0.2, 0) is 4.79 Å². The number of hydrogen-bond acceptors (Lipinski definition) is 7. The van der Waals surface area contributed by atoms with Crippen LogP contribution in [0.25, 0.3) is 0 Å². The Hall–Kier alpha value is -3.66. The maximum atomic E-state index is 14.0. The number of methoxy groups -OCH3 is 2. The zero-order valence-corrected chi connectivity index (χ0v) is 17.6. The monoisotopic (exact) mass is 444 g/mol. The lowest BCUT2D eigenvalue weighted by molar-refractivity contribution is -0.113. The van der Waals surface area contributed by atoms with E-state index in [1.807, 2.05) is 0 Å². The molecule has 2 N–H and O–H groups in total. The van der Waals surface area contributed by atoms with Crippen LogP contribution in [0.15, 0.2) is 47.7 Å². The zero-order chi connectivity index (χ0) is 22.1. The van der Waals surface area contributed by atoms with Crippen molar-refractivity contribution in [2.24, 2.45) is 0 Å². The van der Waals surface area contributed by atoms with Crippen LogP contribution in [0.3, 0.4) is 0 Å². The summed E-state index contributed by atoms with van der Waals surface area (Å²) in [7, 11) is 2.93. The Morgan fingerprint density at radius 3 is 2.71 bits per heavy atom. The van der Waals surface area contributed by atoms with Crippen molar-refractivity contribution in [1.82, 2.24) is 20.2 Å². The van der Waals surface area contributed by atoms with Crippen molar-refractivity contribution >= 4 is 29.1 Å². The number of nitrogens with zero attached hydrogens (tertiary/aromatic N) is 4. The molecule has 0 saturated carbocycles. The fourth-order valence-electron chi connectivity index (χ4n) is 3.44. The van der Waals surface area contributed by atoms with E-state index >= 15 is 0 Å². The van der Waals surface area contributed by atoms with Crippen LogP contribution in [0.4, 0.5) is 16.0 Å². The summed E-state index contributed by atoms with van der Waals surface area (Å²) in [4.78, 5) is 13.4. The Morgan fingerprint density at radius 1 is 1.23 bits per heavy atom. The van der Waals surface area contributed by atoms with Gasteiger partial charge >= 0.3 is 0 Å². The van der Waals surface area contributed by atoms with E-state index in [0.29, 0.717) is 45.0 Å². The summed E-state index contributed by atoms with van der Waals surface area (Å²) in [6.45, 7) is 1.72. The number of halogens is 2. The lowest BCUT2D eigenvalue weighted by atomic mass is 9.95. The Labute approximate surface area is 181 Å². The van der Waals surface area contributed by atoms with Crippen molar-refractivity contribution in [1.29, 1.82) is 0 Å². The van der Waals surface area contributed by atoms with Gasteiger partial charge in [-0.3, -0.25) is 4.79 Å². The highest BCUT2D eigenvalue weighted by atomic mass is 35.5. The van der Waals surface area contributed by atoms with E-state index in [1.54, 1.807) is 31.2 Å². The number of ether oxygens (including phenoxy) is 2. The summed E-state index contributed by atoms with van der Waals surface area (Å²) in [5.74, 6) is 0.172. The summed E-state index contributed by atoms with van der Waals surface area (Å²) in [5, 5.41) is 17.7. The van der Waals surface area contributed by atoms with E-state index in [-0.39, 0.29) is 0 Å². The average Bonchev–Trinajstić information content (AvgIpc) is 3.21. The van der Waals surface area contributed by atoms with Gasteiger partial charge in [-0.05, 0) is 35.0 Å². The topological polar surface area (TPSA) is 103 Å². The van der Waals surface area contributed by atoms with Crippen LogP contribution in [0.1, 0.15) is 18.5 Å². The SMILES string of the molecule is COc1cc(NC(=O)C2=C(C)Nc3nnnn3[C@@H]2c2cccc(F)c2)c(OC)cc1Cl. The molecule has 2 aromatic carbocycles. The van der Waals surface area contributed by atoms with E-state index in [1.165, 1.54) is 31.0 Å². The molecule has 1 amide bonds. The van der Waals surface area contributed by atoms with Crippen molar-refractivity contribution in [3.63, 3.8) is 0 Å². The molecule has 0 spiro atoms. The first-order valence-electron chi connectivity index (χ1n) is 9.17. The number of carbonyl (C=O) groups is 1. The number of nitrogens with one attached hydrogen (secondary N) is 2. The van der Waals surface area contributed by atoms with Crippen LogP contribution >= 0.6 is 11.6 Å². The van der Waals surface area contributed by atoms with Gasteiger partial charge in [0, 0.05) is 17.8 Å². The van der Waals surface area contributed by atoms with E-state index in [4.69, 9.17) is 21.1 Å². The third kappa shape index (κ3) is 3.77. The smallest absolute Gasteiger partial charge is 0.255 e. The van der Waals surface area contributed by atoms with Gasteiger partial charge in [0.05, 0.1) is 30.5 Å². The standard InChI is InChI=1S/C20H18ClFN6O3/c1-10-17(19(29)24-14-9-15(30-2)13(21)8-16(14)31-3)18(11-5-4-6-12(22)7-11)28-20(23-10)25-26-27-28/h4-9,18H,1-3H3,(H,24,29)(H,23,25,27)/t18-/m1/s1. The number of tetrazole rings is 1. The van der Waals surface area contributed by atoms with Gasteiger partial charge in [0.2, 0.25) is 5.95 Å². The average molecular weight is 445 g/mol. The highest BCUT2D eigenvalue weighted by Gasteiger charge is 2.34. The predicted molar refractivity (Wildman–Crippen MR) is 112 cm³/mol. The van der Waals surface area contributed by atoms with Crippen molar-refractivity contribution in [2.45, 2.75) is 13.0 Å². The van der Waals surface area contributed by atoms with Gasteiger partial charge in [-0.1, -0.05) is 28.8 Å². The first-order chi connectivity index (χ1) is 14.9. The molecule has 160 valence electrons. The number of hydrogen-bond donors (Lipinski definition) is 2. The molecule has 1 aromatic heterocycles. The fourth-order valence-corrected chi connectivity index (χ4v) is 3.67. The minimum Gasteiger partial charge on any atom is -0.495 e. The molecule has 1 aliphatic rings. The third-order valence-electron chi connectivity index (χ3n) is 4.85. The van der Waals surface area contributed by atoms with Gasteiger partial charge in [0.15, 0.2) is 0 Å². The second kappa shape index (κ2) is 8.23. The Morgan fingerprint density at radius 2 is 2.00 bits per heavy atom. The molecule has 0 bridgehead atoms. The first kappa shape index (κ1) is 20.6. The second-order valence-corrected chi connectivity index (χ2v) is 7.12. The number of aromatic nitrogens is 4. The molecule has 11 heteroatoms. The Kier molecular flexibility index (Phi) is 5.47. The van der Waals surface area contributed by atoms with Crippen LogP contribution in [0.2, 0.25) is 5.02 Å². The molecule has 0 fully saturated rings. The zero-order valence-electron chi connectivity index (χ0n) is 16.8. The second-order valence-electron chi connectivity index (χ2n) is 6.71. The summed E-state index contributed by atoms with van der Waals surface area (Å²) < 4.78 is 26.0. The highest BCUT2D eigenvalue weighted by Crippen LogP contribution is 2.38. The van der Waals surface area contributed by atoms with Crippen LogP contribution in [0, 0.1) is 5.82 Å². The fraction of sp³-hybridized carbons (Fsp3) is 0.200. The van der Waals surface area contributed by atoms with Gasteiger partial charge in [0.25, 0.3) is 5.91 Å². The molecule has 3 aromatic rings. The van der Waals surface area contributed by atoms with Crippen molar-refractivity contribution in [3.8, 4) is 11.5 Å². The van der Waals surface area contributed by atoms with E-state index in [0.717, 1.165) is 0 Å². The maximum Gasteiger partial charge on any atom is 0.255 e. The normalized spacial score (nSPS) is 15.2. The molecule has 31 heavy (non-hydrogen) atoms. The largest absolute Gasteiger partial charge is 0.495 e. The summed E-state index contributed by atoms with van der Waals surface area (Å²) >= 11 is 6.15. The van der Waals surface area contributed by atoms with Gasteiger partial charge in [-0.25, -0.2) is 4.39 Å². The molecule has 1 aliphatic heterocycles. The van der Waals surface area contributed by atoms with E-state index < -0.39 is 17.8 Å². The molecule has 4 rings (SSSR count). The lowest BCUT2D eigenvalue weighted by Crippen LogP contribution is -2.31.